The van der Waals surface area contributed by atoms with Gasteiger partial charge in [-0.1, -0.05) is 60.0 Å². The summed E-state index contributed by atoms with van der Waals surface area (Å²) >= 11 is 0. The molecule has 0 aromatic rings. The highest BCUT2D eigenvalue weighted by Gasteiger charge is 2.60. The quantitative estimate of drug-likeness (QED) is 0.400. The minimum Gasteiger partial charge on any atom is -0.375 e. The molecule has 32 heavy (non-hydrogen) atoms. The van der Waals surface area contributed by atoms with Crippen LogP contribution < -0.4 is 0 Å². The van der Waals surface area contributed by atoms with Gasteiger partial charge in [-0.3, -0.25) is 0 Å². The first-order valence-corrected chi connectivity index (χ1v) is 14.8. The maximum atomic E-state index is 2.76. The van der Waals surface area contributed by atoms with Crippen LogP contribution >= 0.6 is 0 Å². The Morgan fingerprint density at radius 2 is 1.66 bits per heavy atom. The third-order valence-corrected chi connectivity index (χ3v) is 12.0. The van der Waals surface area contributed by atoms with E-state index in [9.17, 15) is 0 Å². The molecule has 1 aliphatic heterocycles. The van der Waals surface area contributed by atoms with Crippen LogP contribution in [-0.2, 0) is 0 Å². The number of hydrogen-bond acceptors (Lipinski definition) is 1. The van der Waals surface area contributed by atoms with Crippen molar-refractivity contribution in [2.45, 2.75) is 118 Å². The lowest BCUT2D eigenvalue weighted by Gasteiger charge is -2.60. The van der Waals surface area contributed by atoms with Gasteiger partial charge >= 0.3 is 0 Å². The summed E-state index contributed by atoms with van der Waals surface area (Å²) < 4.78 is 0. The van der Waals surface area contributed by atoms with E-state index in [0.717, 1.165) is 41.4 Å². The van der Waals surface area contributed by atoms with Crippen LogP contribution in [0.5, 0.6) is 0 Å². The van der Waals surface area contributed by atoms with Crippen molar-refractivity contribution < 1.29 is 0 Å². The van der Waals surface area contributed by atoms with Gasteiger partial charge in [0.15, 0.2) is 0 Å². The van der Waals surface area contributed by atoms with Crippen LogP contribution in [0.15, 0.2) is 11.8 Å². The third-order valence-electron chi connectivity index (χ3n) is 12.0. The summed E-state index contributed by atoms with van der Waals surface area (Å²) in [4.78, 5) is 2.74. The summed E-state index contributed by atoms with van der Waals surface area (Å²) in [6.07, 6.45) is 21.9. The number of fused-ring (bicyclic) bond motifs is 5. The van der Waals surface area contributed by atoms with E-state index in [4.69, 9.17) is 0 Å². The van der Waals surface area contributed by atoms with E-state index in [2.05, 4.69) is 45.6 Å². The molecule has 0 aromatic carbocycles. The van der Waals surface area contributed by atoms with Crippen LogP contribution in [0.2, 0.25) is 0 Å². The molecular weight excluding hydrogens is 386 g/mol. The molecule has 0 unspecified atom stereocenters. The zero-order chi connectivity index (χ0) is 22.5. The lowest BCUT2D eigenvalue weighted by molar-refractivity contribution is -0.103. The van der Waals surface area contributed by atoms with Gasteiger partial charge in [0.25, 0.3) is 0 Å². The molecule has 3 saturated carbocycles. The molecule has 0 amide bonds. The summed E-state index contributed by atoms with van der Waals surface area (Å²) in [7, 11) is 0. The van der Waals surface area contributed by atoms with Crippen molar-refractivity contribution >= 4 is 0 Å². The van der Waals surface area contributed by atoms with Crippen LogP contribution in [0.25, 0.3) is 0 Å². The zero-order valence-electron chi connectivity index (χ0n) is 22.2. The second-order valence-electron chi connectivity index (χ2n) is 14.0. The fraction of sp³-hybridized carbons (Fsp3) is 0.935. The molecule has 0 radical (unpaired) electrons. The van der Waals surface area contributed by atoms with Gasteiger partial charge in [-0.25, -0.2) is 0 Å². The average molecular weight is 440 g/mol. The summed E-state index contributed by atoms with van der Waals surface area (Å²) in [5, 5.41) is 0. The second kappa shape index (κ2) is 8.96. The minimum absolute atomic E-state index is 0.592. The molecule has 5 aliphatic rings. The highest BCUT2D eigenvalue weighted by atomic mass is 15.1. The first-order chi connectivity index (χ1) is 15.3. The molecule has 8 atom stereocenters. The second-order valence-corrected chi connectivity index (χ2v) is 14.0. The fourth-order valence-electron chi connectivity index (χ4n) is 10.1. The maximum Gasteiger partial charge on any atom is 0.0175 e. The average Bonchev–Trinajstić information content (AvgIpc) is 3.40. The molecule has 1 heteroatoms. The molecule has 5 rings (SSSR count). The van der Waals surface area contributed by atoms with Crippen molar-refractivity contribution in [3.63, 3.8) is 0 Å². The number of hydrogen-bond donors (Lipinski definition) is 0. The van der Waals surface area contributed by atoms with E-state index in [1.165, 1.54) is 83.7 Å². The number of nitrogens with zero attached hydrogens (tertiary/aromatic N) is 1. The van der Waals surface area contributed by atoms with E-state index < -0.39 is 0 Å². The molecule has 4 aliphatic carbocycles. The van der Waals surface area contributed by atoms with Crippen LogP contribution in [0.4, 0.5) is 0 Å². The molecule has 1 saturated heterocycles. The Labute approximate surface area is 200 Å². The third kappa shape index (κ3) is 3.90. The number of likely N-dealkylation sites (tertiary alicyclic amines) is 1. The van der Waals surface area contributed by atoms with Crippen LogP contribution in [-0.4, -0.2) is 18.0 Å². The molecule has 0 bridgehead atoms. The monoisotopic (exact) mass is 439 g/mol. The predicted octanol–water partition coefficient (Wildman–Crippen LogP) is 8.70. The van der Waals surface area contributed by atoms with Gasteiger partial charge in [0.1, 0.15) is 0 Å². The van der Waals surface area contributed by atoms with Crippen molar-refractivity contribution in [3.8, 4) is 0 Å². The summed E-state index contributed by atoms with van der Waals surface area (Å²) in [5.41, 5.74) is 2.97. The van der Waals surface area contributed by atoms with Gasteiger partial charge in [0.05, 0.1) is 0 Å². The van der Waals surface area contributed by atoms with E-state index >= 15 is 0 Å². The Bertz CT molecular complexity index is 687. The van der Waals surface area contributed by atoms with Crippen molar-refractivity contribution in [3.05, 3.63) is 11.8 Å². The summed E-state index contributed by atoms with van der Waals surface area (Å²) in [5.74, 6) is 6.83. The Balaban J connectivity index is 1.28. The van der Waals surface area contributed by atoms with E-state index in [0.29, 0.717) is 10.8 Å². The van der Waals surface area contributed by atoms with Crippen molar-refractivity contribution in [1.29, 1.82) is 0 Å². The normalized spacial score (nSPS) is 44.8. The van der Waals surface area contributed by atoms with Crippen molar-refractivity contribution in [1.82, 2.24) is 4.90 Å². The zero-order valence-corrected chi connectivity index (χ0v) is 22.2. The molecule has 0 N–H and O–H groups in total. The van der Waals surface area contributed by atoms with Crippen LogP contribution in [0, 0.1) is 52.3 Å². The molecular formula is C31H53N. The topological polar surface area (TPSA) is 3.24 Å². The van der Waals surface area contributed by atoms with Gasteiger partial charge < -0.3 is 4.90 Å². The smallest absolute Gasteiger partial charge is 0.0175 e. The van der Waals surface area contributed by atoms with Crippen LogP contribution in [0.1, 0.15) is 118 Å². The minimum atomic E-state index is 0.592. The molecule has 0 aromatic heterocycles. The Morgan fingerprint density at radius 1 is 0.906 bits per heavy atom. The molecule has 1 heterocycles. The highest BCUT2D eigenvalue weighted by molar-refractivity contribution is 5.17. The Hall–Kier alpha value is -0.460. The lowest BCUT2D eigenvalue weighted by Crippen LogP contribution is -2.53. The maximum absolute atomic E-state index is 2.76. The first kappa shape index (κ1) is 23.3. The van der Waals surface area contributed by atoms with Gasteiger partial charge in [0, 0.05) is 18.8 Å². The highest BCUT2D eigenvalue weighted by Crippen LogP contribution is 2.68. The molecule has 0 spiro atoms. The Morgan fingerprint density at radius 3 is 2.41 bits per heavy atom. The first-order valence-electron chi connectivity index (χ1n) is 14.8. The van der Waals surface area contributed by atoms with E-state index in [1.54, 1.807) is 18.5 Å². The fourth-order valence-corrected chi connectivity index (χ4v) is 10.1. The molecule has 1 nitrogen and oxygen atoms in total. The number of rotatable bonds is 6. The van der Waals surface area contributed by atoms with Gasteiger partial charge in [-0.05, 0) is 116 Å². The van der Waals surface area contributed by atoms with Gasteiger partial charge in [0.2, 0.25) is 0 Å². The standard InChI is InChI=1S/C31H53N/c1-22(2)9-8-10-23(3)27-13-14-28-26-12-11-24-21-25(32-19-6-7-20-32)15-17-30(24,4)29(26)16-18-31(27,28)5/h15,22-24,26-29H,6-14,16-21H2,1-5H3/t23-,24-,26-,27+,28-,29-,30-,31+/m0/s1. The predicted molar refractivity (Wildman–Crippen MR) is 137 cm³/mol. The SMILES string of the molecule is CC(C)CCC[C@H](C)[C@H]1CC[C@H]2[C@@H]3CC[C@H]4CC(N5CCCC5)=CC[C@]4(C)[C@H]3CC[C@]12C. The lowest BCUT2D eigenvalue weighted by atomic mass is 9.45. The van der Waals surface area contributed by atoms with Crippen LogP contribution in [0.3, 0.4) is 0 Å². The molecule has 182 valence electrons. The van der Waals surface area contributed by atoms with Crippen molar-refractivity contribution in [2.75, 3.05) is 13.1 Å². The van der Waals surface area contributed by atoms with Gasteiger partial charge in [-0.2, -0.15) is 0 Å². The number of allylic oxidation sites excluding steroid dienone is 2. The van der Waals surface area contributed by atoms with E-state index in [-0.39, 0.29) is 0 Å². The Kier molecular flexibility index (Phi) is 6.52. The molecule has 4 fully saturated rings. The summed E-state index contributed by atoms with van der Waals surface area (Å²) in [6, 6.07) is 0. The van der Waals surface area contributed by atoms with Gasteiger partial charge in [-0.15, -0.1) is 0 Å². The largest absolute Gasteiger partial charge is 0.375 e. The van der Waals surface area contributed by atoms with E-state index in [1.807, 2.05) is 0 Å². The van der Waals surface area contributed by atoms with Crippen molar-refractivity contribution in [2.24, 2.45) is 52.3 Å². The summed E-state index contributed by atoms with van der Waals surface area (Å²) in [6.45, 7) is 15.6.